The molecule has 132 valence electrons. The maximum Gasteiger partial charge on any atom is 0.119 e. The van der Waals surface area contributed by atoms with Gasteiger partial charge < -0.3 is 9.64 Å². The van der Waals surface area contributed by atoms with Crippen molar-refractivity contribution in [3.05, 3.63) is 74.6 Å². The van der Waals surface area contributed by atoms with Gasteiger partial charge in [-0.05, 0) is 53.7 Å². The van der Waals surface area contributed by atoms with Crippen molar-refractivity contribution in [3.8, 4) is 5.75 Å². The molecule has 0 fully saturated rings. The number of thiophene rings is 2. The second-order valence-corrected chi connectivity index (χ2v) is 7.87. The van der Waals surface area contributed by atoms with Crippen molar-refractivity contribution in [3.63, 3.8) is 0 Å². The molecule has 0 saturated carbocycles. The van der Waals surface area contributed by atoms with Gasteiger partial charge in [-0.2, -0.15) is 0 Å². The van der Waals surface area contributed by atoms with E-state index >= 15 is 0 Å². The summed E-state index contributed by atoms with van der Waals surface area (Å²) >= 11 is 3.64. The highest BCUT2D eigenvalue weighted by molar-refractivity contribution is 7.11. The summed E-state index contributed by atoms with van der Waals surface area (Å²) in [4.78, 5) is 5.15. The molecule has 0 saturated heterocycles. The first kappa shape index (κ1) is 18.2. The fourth-order valence-electron chi connectivity index (χ4n) is 2.97. The lowest BCUT2D eigenvalue weighted by atomic mass is 9.96. The van der Waals surface area contributed by atoms with E-state index in [9.17, 15) is 0 Å². The molecule has 2 nitrogen and oxygen atoms in total. The van der Waals surface area contributed by atoms with Gasteiger partial charge in [0.05, 0.1) is 5.92 Å². The second-order valence-electron chi connectivity index (χ2n) is 5.91. The van der Waals surface area contributed by atoms with E-state index in [1.807, 2.05) is 22.7 Å². The molecule has 3 aromatic rings. The van der Waals surface area contributed by atoms with Crippen LogP contribution in [-0.4, -0.2) is 31.1 Å². The van der Waals surface area contributed by atoms with E-state index in [0.717, 1.165) is 32.0 Å². The van der Waals surface area contributed by atoms with E-state index in [1.165, 1.54) is 15.3 Å². The lowest BCUT2D eigenvalue weighted by Gasteiger charge is -2.18. The van der Waals surface area contributed by atoms with Crippen LogP contribution in [0.3, 0.4) is 0 Å². The van der Waals surface area contributed by atoms with Crippen LogP contribution in [0.2, 0.25) is 0 Å². The Bertz CT molecular complexity index is 682. The molecule has 0 aliphatic heterocycles. The average molecular weight is 372 g/mol. The van der Waals surface area contributed by atoms with Gasteiger partial charge in [-0.3, -0.25) is 0 Å². The summed E-state index contributed by atoms with van der Waals surface area (Å²) in [6, 6.07) is 17.3. The Morgan fingerprint density at radius 3 is 1.96 bits per heavy atom. The van der Waals surface area contributed by atoms with E-state index in [0.29, 0.717) is 5.92 Å². The van der Waals surface area contributed by atoms with Crippen LogP contribution in [-0.2, 0) is 0 Å². The molecule has 0 amide bonds. The topological polar surface area (TPSA) is 12.5 Å². The van der Waals surface area contributed by atoms with Gasteiger partial charge in [-0.25, -0.2) is 0 Å². The Morgan fingerprint density at radius 2 is 1.48 bits per heavy atom. The molecule has 2 heterocycles. The monoisotopic (exact) mass is 371 g/mol. The maximum absolute atomic E-state index is 5.92. The smallest absolute Gasteiger partial charge is 0.119 e. The van der Waals surface area contributed by atoms with Crippen LogP contribution in [0.5, 0.6) is 5.75 Å². The van der Waals surface area contributed by atoms with Gasteiger partial charge in [-0.1, -0.05) is 38.1 Å². The molecule has 0 unspecified atom stereocenters. The van der Waals surface area contributed by atoms with Crippen molar-refractivity contribution >= 4 is 22.7 Å². The third kappa shape index (κ3) is 4.72. The quantitative estimate of drug-likeness (QED) is 0.478. The van der Waals surface area contributed by atoms with Crippen molar-refractivity contribution in [2.24, 2.45) is 0 Å². The van der Waals surface area contributed by atoms with Gasteiger partial charge in [-0.15, -0.1) is 22.7 Å². The van der Waals surface area contributed by atoms with Gasteiger partial charge in [0.25, 0.3) is 0 Å². The average Bonchev–Trinajstić information content (AvgIpc) is 3.35. The van der Waals surface area contributed by atoms with Gasteiger partial charge in [0.15, 0.2) is 0 Å². The Morgan fingerprint density at radius 1 is 0.880 bits per heavy atom. The largest absolute Gasteiger partial charge is 0.492 e. The number of benzene rings is 1. The van der Waals surface area contributed by atoms with E-state index in [2.05, 4.69) is 78.0 Å². The zero-order valence-corrected chi connectivity index (χ0v) is 16.5. The number of nitrogens with zero attached hydrogens (tertiary/aromatic N) is 1. The van der Waals surface area contributed by atoms with Crippen LogP contribution >= 0.6 is 22.7 Å². The number of likely N-dealkylation sites (N-methyl/N-ethyl adjacent to an activating group) is 1. The molecule has 0 aliphatic carbocycles. The number of hydrogen-bond acceptors (Lipinski definition) is 4. The minimum Gasteiger partial charge on any atom is -0.492 e. The summed E-state index contributed by atoms with van der Waals surface area (Å²) in [7, 11) is 0. The van der Waals surface area contributed by atoms with Crippen LogP contribution in [0.4, 0.5) is 0 Å². The Kier molecular flexibility index (Phi) is 6.68. The first-order valence-electron chi connectivity index (χ1n) is 8.83. The lowest BCUT2D eigenvalue weighted by Crippen LogP contribution is -2.27. The highest BCUT2D eigenvalue weighted by atomic mass is 32.1. The molecule has 0 N–H and O–H groups in total. The summed E-state index contributed by atoms with van der Waals surface area (Å²) < 4.78 is 5.92. The predicted octanol–water partition coefficient (Wildman–Crippen LogP) is 5.71. The fraction of sp³-hybridized carbons (Fsp3) is 0.333. The summed E-state index contributed by atoms with van der Waals surface area (Å²) in [5.74, 6) is 1.27. The molecule has 0 radical (unpaired) electrons. The van der Waals surface area contributed by atoms with Crippen LogP contribution in [0, 0.1) is 0 Å². The molecule has 0 aliphatic rings. The minimum atomic E-state index is 0.324. The predicted molar refractivity (Wildman–Crippen MR) is 109 cm³/mol. The first-order valence-corrected chi connectivity index (χ1v) is 10.6. The Labute approximate surface area is 158 Å². The van der Waals surface area contributed by atoms with Crippen LogP contribution < -0.4 is 4.74 Å². The van der Waals surface area contributed by atoms with Crippen molar-refractivity contribution in [1.29, 1.82) is 0 Å². The molecule has 0 spiro atoms. The van der Waals surface area contributed by atoms with E-state index in [-0.39, 0.29) is 0 Å². The normalized spacial score (nSPS) is 11.4. The molecular weight excluding hydrogens is 346 g/mol. The van der Waals surface area contributed by atoms with Crippen molar-refractivity contribution in [2.75, 3.05) is 26.2 Å². The molecule has 4 heteroatoms. The zero-order valence-electron chi connectivity index (χ0n) is 14.9. The number of hydrogen-bond donors (Lipinski definition) is 0. The Balaban J connectivity index is 1.70. The van der Waals surface area contributed by atoms with E-state index in [1.54, 1.807) is 0 Å². The zero-order chi connectivity index (χ0) is 17.5. The van der Waals surface area contributed by atoms with E-state index in [4.69, 9.17) is 4.74 Å². The molecule has 2 aromatic heterocycles. The minimum absolute atomic E-state index is 0.324. The molecular formula is C21H25NOS2. The first-order chi connectivity index (χ1) is 12.3. The molecule has 3 rings (SSSR count). The van der Waals surface area contributed by atoms with Crippen molar-refractivity contribution < 1.29 is 4.74 Å². The molecule has 0 bridgehead atoms. The second kappa shape index (κ2) is 9.18. The van der Waals surface area contributed by atoms with Gasteiger partial charge in [0.1, 0.15) is 12.4 Å². The van der Waals surface area contributed by atoms with Crippen LogP contribution in [0.1, 0.15) is 35.1 Å². The number of ether oxygens (including phenoxy) is 1. The highest BCUT2D eigenvalue weighted by Gasteiger charge is 2.18. The van der Waals surface area contributed by atoms with Crippen molar-refractivity contribution in [1.82, 2.24) is 4.90 Å². The Hall–Kier alpha value is -1.62. The standard InChI is InChI=1S/C21H25NOS2/c1-3-22(4-2)13-14-23-18-11-9-17(10-12-18)21(19-7-5-15-24-19)20-8-6-16-25-20/h5-12,15-16,21H,3-4,13-14H2,1-2H3. The van der Waals surface area contributed by atoms with Gasteiger partial charge in [0.2, 0.25) is 0 Å². The summed E-state index contributed by atoms with van der Waals surface area (Å²) in [6.45, 7) is 8.23. The third-order valence-electron chi connectivity index (χ3n) is 4.44. The third-order valence-corrected chi connectivity index (χ3v) is 6.31. The van der Waals surface area contributed by atoms with Crippen molar-refractivity contribution in [2.45, 2.75) is 19.8 Å². The fourth-order valence-corrected chi connectivity index (χ4v) is 4.78. The molecule has 0 atom stereocenters. The number of rotatable bonds is 9. The highest BCUT2D eigenvalue weighted by Crippen LogP contribution is 2.37. The van der Waals surface area contributed by atoms with Gasteiger partial charge in [0, 0.05) is 16.3 Å². The SMILES string of the molecule is CCN(CC)CCOc1ccc(C(c2cccs2)c2cccs2)cc1. The summed E-state index contributed by atoms with van der Waals surface area (Å²) in [6.07, 6.45) is 0. The summed E-state index contributed by atoms with van der Waals surface area (Å²) in [5.41, 5.74) is 1.32. The van der Waals surface area contributed by atoms with Crippen LogP contribution in [0.15, 0.2) is 59.3 Å². The molecule has 1 aromatic carbocycles. The maximum atomic E-state index is 5.92. The van der Waals surface area contributed by atoms with Crippen LogP contribution in [0.25, 0.3) is 0 Å². The van der Waals surface area contributed by atoms with E-state index < -0.39 is 0 Å². The summed E-state index contributed by atoms with van der Waals surface area (Å²) in [5, 5.41) is 4.31. The van der Waals surface area contributed by atoms with Gasteiger partial charge >= 0.3 is 0 Å². The lowest BCUT2D eigenvalue weighted by molar-refractivity contribution is 0.223. The molecule has 25 heavy (non-hydrogen) atoms.